The number of hydrogen-bond donors (Lipinski definition) is 1. The van der Waals surface area contributed by atoms with Crippen LogP contribution in [0.5, 0.6) is 0 Å². The fraction of sp³-hybridized carbons (Fsp3) is 0. The molecular formula is C8H4Cr2FNO5. The maximum atomic E-state index is 12.6. The molecule has 1 rings (SSSR count). The van der Waals surface area contributed by atoms with Crippen LogP contribution in [0.3, 0.4) is 0 Å². The van der Waals surface area contributed by atoms with Crippen LogP contribution < -0.4 is 0 Å². The first-order chi connectivity index (χ1) is 5.65. The molecule has 0 amide bonds. The van der Waals surface area contributed by atoms with Crippen molar-refractivity contribution in [2.75, 3.05) is 0 Å². The molecule has 0 saturated heterocycles. The summed E-state index contributed by atoms with van der Waals surface area (Å²) in [4.78, 5) is 10.3. The Bertz CT molecular complexity index is 383. The molecule has 9 heteroatoms. The van der Waals surface area contributed by atoms with Gasteiger partial charge in [0, 0.05) is 0 Å². The second-order valence-electron chi connectivity index (χ2n) is 2.11. The van der Waals surface area contributed by atoms with Crippen LogP contribution in [0.2, 0.25) is 0 Å². The van der Waals surface area contributed by atoms with E-state index in [0.29, 0.717) is 0 Å². The van der Waals surface area contributed by atoms with Gasteiger partial charge in [-0.3, -0.25) is 0 Å². The van der Waals surface area contributed by atoms with Crippen molar-refractivity contribution in [1.29, 1.82) is 5.26 Å². The van der Waals surface area contributed by atoms with Crippen LogP contribution in [0.15, 0.2) is 18.2 Å². The van der Waals surface area contributed by atoms with Gasteiger partial charge in [-0.15, -0.1) is 0 Å². The van der Waals surface area contributed by atoms with E-state index in [1.54, 1.807) is 6.07 Å². The maximum Gasteiger partial charge on any atom is 3.00 e. The van der Waals surface area contributed by atoms with Gasteiger partial charge < -0.3 is 21.5 Å². The third-order valence-corrected chi connectivity index (χ3v) is 1.33. The van der Waals surface area contributed by atoms with Crippen LogP contribution in [0, 0.1) is 17.1 Å². The largest absolute Gasteiger partial charge is 3.00 e. The standard InChI is InChI=1S/C8H4FNO2.2Cr.3O/c9-7-2-1-5(8(11)12)3-6(7)4-10;;;;;/h1-3H,(H,11,12);;;;;/q;2*+3;3*-2. The molecule has 1 aromatic rings. The smallest absolute Gasteiger partial charge is 2.00 e. The van der Waals surface area contributed by atoms with Crippen molar-refractivity contribution < 1.29 is 65.4 Å². The van der Waals surface area contributed by atoms with E-state index in [2.05, 4.69) is 0 Å². The average Bonchev–Trinajstić information content (AvgIpc) is 2.05. The number of carboxylic acids is 1. The fourth-order valence-electron chi connectivity index (χ4n) is 0.744. The molecule has 6 nitrogen and oxygen atoms in total. The molecule has 0 atom stereocenters. The molecule has 0 aliphatic heterocycles. The van der Waals surface area contributed by atoms with Gasteiger partial charge in [0.1, 0.15) is 11.9 Å². The van der Waals surface area contributed by atoms with Crippen LogP contribution in [0.4, 0.5) is 4.39 Å². The normalized spacial score (nSPS) is 6.35. The first kappa shape index (κ1) is 29.8. The van der Waals surface area contributed by atoms with Gasteiger partial charge >= 0.3 is 40.7 Å². The molecule has 0 bridgehead atoms. The van der Waals surface area contributed by atoms with Crippen molar-refractivity contribution >= 4 is 5.97 Å². The van der Waals surface area contributed by atoms with E-state index >= 15 is 0 Å². The molecule has 0 aliphatic carbocycles. The number of hydrogen-bond acceptors (Lipinski definition) is 2. The predicted octanol–water partition coefficient (Wildman–Crippen LogP) is 1.03. The van der Waals surface area contributed by atoms with Crippen LogP contribution in [0.1, 0.15) is 15.9 Å². The zero-order chi connectivity index (χ0) is 9.14. The Hall–Kier alpha value is -0.945. The summed E-state index contributed by atoms with van der Waals surface area (Å²) >= 11 is 0. The summed E-state index contributed by atoms with van der Waals surface area (Å²) in [6, 6.07) is 4.62. The molecule has 0 heterocycles. The predicted molar refractivity (Wildman–Crippen MR) is 40.1 cm³/mol. The summed E-state index contributed by atoms with van der Waals surface area (Å²) < 4.78 is 12.6. The van der Waals surface area contributed by atoms with E-state index in [-0.39, 0.29) is 62.3 Å². The second-order valence-corrected chi connectivity index (χ2v) is 2.11. The van der Waals surface area contributed by atoms with Crippen molar-refractivity contribution in [3.63, 3.8) is 0 Å². The molecule has 1 aromatic carbocycles. The zero-order valence-electron chi connectivity index (χ0n) is 7.95. The van der Waals surface area contributed by atoms with Gasteiger partial charge in [0.25, 0.3) is 0 Å². The molecule has 90 valence electrons. The van der Waals surface area contributed by atoms with E-state index in [4.69, 9.17) is 10.4 Å². The molecule has 2 radical (unpaired) electrons. The summed E-state index contributed by atoms with van der Waals surface area (Å²) in [5.41, 5.74) is -0.345. The zero-order valence-corrected chi connectivity index (χ0v) is 10.5. The molecular weight excluding hydrogens is 313 g/mol. The van der Waals surface area contributed by atoms with Crippen molar-refractivity contribution in [1.82, 2.24) is 0 Å². The number of nitriles is 1. The Labute approximate surface area is 118 Å². The minimum atomic E-state index is -1.17. The van der Waals surface area contributed by atoms with E-state index < -0.39 is 11.8 Å². The number of aromatic carboxylic acids is 1. The Kier molecular flexibility index (Phi) is 23.0. The molecule has 17 heavy (non-hydrogen) atoms. The van der Waals surface area contributed by atoms with Gasteiger partial charge in [-0.05, 0) is 18.2 Å². The summed E-state index contributed by atoms with van der Waals surface area (Å²) in [6.07, 6.45) is 0. The van der Waals surface area contributed by atoms with Gasteiger partial charge in [0.2, 0.25) is 0 Å². The minimum absolute atomic E-state index is 0. The Balaban J connectivity index is -0.0000000960. The van der Waals surface area contributed by atoms with Crippen LogP contribution in [-0.4, -0.2) is 11.1 Å². The number of rotatable bonds is 1. The number of carbonyl (C=O) groups is 1. The molecule has 1 N–H and O–H groups in total. The molecule has 0 spiro atoms. The minimum Gasteiger partial charge on any atom is -2.00 e. The van der Waals surface area contributed by atoms with Gasteiger partial charge in [0.15, 0.2) is 0 Å². The first-order valence-electron chi connectivity index (χ1n) is 3.08. The quantitative estimate of drug-likeness (QED) is 0.824. The maximum absolute atomic E-state index is 12.6. The molecule has 0 saturated carbocycles. The Morgan fingerprint density at radius 1 is 1.24 bits per heavy atom. The number of benzene rings is 1. The Morgan fingerprint density at radius 2 is 1.71 bits per heavy atom. The van der Waals surface area contributed by atoms with Crippen LogP contribution in [0.25, 0.3) is 0 Å². The SMILES string of the molecule is N#Cc1cc(C(=O)O)ccc1F.[Cr+3].[Cr+3].[O-2].[O-2].[O-2]. The second kappa shape index (κ2) is 13.1. The third kappa shape index (κ3) is 7.87. The first-order valence-corrected chi connectivity index (χ1v) is 3.08. The van der Waals surface area contributed by atoms with Crippen molar-refractivity contribution in [2.24, 2.45) is 0 Å². The van der Waals surface area contributed by atoms with E-state index in [1.165, 1.54) is 0 Å². The number of carboxylic acid groups (broad SMARTS) is 1. The average molecular weight is 317 g/mol. The summed E-state index contributed by atoms with van der Waals surface area (Å²) in [5, 5.41) is 16.8. The fourth-order valence-corrected chi connectivity index (χ4v) is 0.744. The van der Waals surface area contributed by atoms with Crippen LogP contribution >= 0.6 is 0 Å². The number of nitrogens with zero attached hydrogens (tertiary/aromatic N) is 1. The monoisotopic (exact) mass is 317 g/mol. The third-order valence-electron chi connectivity index (χ3n) is 1.33. The van der Waals surface area contributed by atoms with Gasteiger partial charge in [-0.25, -0.2) is 9.18 Å². The molecule has 0 fully saturated rings. The molecule has 0 aliphatic rings. The van der Waals surface area contributed by atoms with Crippen molar-refractivity contribution in [2.45, 2.75) is 0 Å². The van der Waals surface area contributed by atoms with E-state index in [9.17, 15) is 9.18 Å². The summed E-state index contributed by atoms with van der Waals surface area (Å²) in [7, 11) is 0. The Morgan fingerprint density at radius 3 is 2.06 bits per heavy atom. The van der Waals surface area contributed by atoms with Crippen LogP contribution in [-0.2, 0) is 51.2 Å². The summed E-state index contributed by atoms with van der Waals surface area (Å²) in [6.45, 7) is 0. The number of halogens is 1. The topological polar surface area (TPSA) is 147 Å². The van der Waals surface area contributed by atoms with Gasteiger partial charge in [-0.2, -0.15) is 5.26 Å². The summed E-state index contributed by atoms with van der Waals surface area (Å²) in [5.74, 6) is -1.88. The molecule has 0 aromatic heterocycles. The van der Waals surface area contributed by atoms with Gasteiger partial charge in [-0.1, -0.05) is 0 Å². The van der Waals surface area contributed by atoms with E-state index in [0.717, 1.165) is 18.2 Å². The van der Waals surface area contributed by atoms with Crippen molar-refractivity contribution in [3.8, 4) is 6.07 Å². The van der Waals surface area contributed by atoms with E-state index in [1.807, 2.05) is 0 Å². The van der Waals surface area contributed by atoms with Crippen molar-refractivity contribution in [3.05, 3.63) is 35.1 Å². The van der Waals surface area contributed by atoms with Gasteiger partial charge in [0.05, 0.1) is 11.1 Å². The molecule has 0 unspecified atom stereocenters.